The lowest BCUT2D eigenvalue weighted by Crippen LogP contribution is -2.21. The van der Waals surface area contributed by atoms with E-state index in [4.69, 9.17) is 25.8 Å². The molecule has 0 spiro atoms. The highest BCUT2D eigenvalue weighted by molar-refractivity contribution is 6.32. The molecule has 1 aliphatic heterocycles. The standard InChI is InChI=1S/C18H19ClN2O4/c1-23-15-5-3-13(9-14(15)19)21-18(22)6-7-20-10-12-2-4-16-17(8-12)25-11-24-16/h2-5,8-9,20H,6-7,10-11H2,1H3,(H,21,22). The van der Waals surface area contributed by atoms with E-state index in [0.717, 1.165) is 17.1 Å². The number of benzene rings is 2. The number of rotatable bonds is 7. The van der Waals surface area contributed by atoms with Crippen molar-refractivity contribution in [1.82, 2.24) is 5.32 Å². The van der Waals surface area contributed by atoms with Gasteiger partial charge in [-0.2, -0.15) is 0 Å². The topological polar surface area (TPSA) is 68.8 Å². The Morgan fingerprint density at radius 2 is 2.04 bits per heavy atom. The fourth-order valence-corrected chi connectivity index (χ4v) is 2.71. The van der Waals surface area contributed by atoms with Crippen LogP contribution in [0.5, 0.6) is 17.2 Å². The minimum absolute atomic E-state index is 0.0839. The van der Waals surface area contributed by atoms with E-state index in [1.807, 2.05) is 18.2 Å². The van der Waals surface area contributed by atoms with Gasteiger partial charge in [0.1, 0.15) is 5.75 Å². The van der Waals surface area contributed by atoms with E-state index < -0.39 is 0 Å². The number of methoxy groups -OCH3 is 1. The van der Waals surface area contributed by atoms with Crippen molar-refractivity contribution in [2.24, 2.45) is 0 Å². The number of fused-ring (bicyclic) bond motifs is 1. The third kappa shape index (κ3) is 4.55. The number of hydrogen-bond donors (Lipinski definition) is 2. The molecule has 0 saturated heterocycles. The van der Waals surface area contributed by atoms with Crippen LogP contribution >= 0.6 is 11.6 Å². The van der Waals surface area contributed by atoms with Crippen LogP contribution in [0.2, 0.25) is 5.02 Å². The SMILES string of the molecule is COc1ccc(NC(=O)CCNCc2ccc3c(c2)OCO3)cc1Cl. The van der Waals surface area contributed by atoms with Crippen molar-refractivity contribution in [2.75, 3.05) is 25.8 Å². The Labute approximate surface area is 151 Å². The number of ether oxygens (including phenoxy) is 3. The summed E-state index contributed by atoms with van der Waals surface area (Å²) in [6.45, 7) is 1.48. The molecule has 0 aliphatic carbocycles. The maximum atomic E-state index is 12.0. The van der Waals surface area contributed by atoms with Gasteiger partial charge in [-0.15, -0.1) is 0 Å². The molecule has 1 amide bonds. The minimum atomic E-state index is -0.0839. The summed E-state index contributed by atoms with van der Waals surface area (Å²) < 4.78 is 15.7. The predicted octanol–water partition coefficient (Wildman–Crippen LogP) is 3.20. The molecule has 2 aromatic carbocycles. The van der Waals surface area contributed by atoms with Crippen LogP contribution in [-0.4, -0.2) is 26.4 Å². The van der Waals surface area contributed by atoms with Gasteiger partial charge in [-0.1, -0.05) is 17.7 Å². The first kappa shape index (κ1) is 17.4. The summed E-state index contributed by atoms with van der Waals surface area (Å²) in [5.41, 5.74) is 1.72. The van der Waals surface area contributed by atoms with Crippen molar-refractivity contribution in [1.29, 1.82) is 0 Å². The molecule has 0 aromatic heterocycles. The quantitative estimate of drug-likeness (QED) is 0.740. The summed E-state index contributed by atoms with van der Waals surface area (Å²) in [6.07, 6.45) is 0.355. The third-order valence-electron chi connectivity index (χ3n) is 3.73. The van der Waals surface area contributed by atoms with Gasteiger partial charge in [0.25, 0.3) is 0 Å². The van der Waals surface area contributed by atoms with E-state index in [2.05, 4.69) is 10.6 Å². The normalized spacial score (nSPS) is 12.1. The van der Waals surface area contributed by atoms with E-state index in [0.29, 0.717) is 36.0 Å². The van der Waals surface area contributed by atoms with Crippen LogP contribution in [0.3, 0.4) is 0 Å². The summed E-state index contributed by atoms with van der Waals surface area (Å²) in [4.78, 5) is 12.0. The molecule has 7 heteroatoms. The van der Waals surface area contributed by atoms with E-state index in [1.165, 1.54) is 0 Å². The zero-order valence-corrected chi connectivity index (χ0v) is 14.6. The van der Waals surface area contributed by atoms with Crippen LogP contribution in [0.1, 0.15) is 12.0 Å². The fourth-order valence-electron chi connectivity index (χ4n) is 2.45. The average Bonchev–Trinajstić information content (AvgIpc) is 3.06. The summed E-state index contributed by atoms with van der Waals surface area (Å²) in [5, 5.41) is 6.51. The molecule has 0 fully saturated rings. The number of carbonyl (C=O) groups is 1. The van der Waals surface area contributed by atoms with Crippen molar-refractivity contribution >= 4 is 23.2 Å². The van der Waals surface area contributed by atoms with Gasteiger partial charge in [0.15, 0.2) is 11.5 Å². The van der Waals surface area contributed by atoms with Crippen molar-refractivity contribution in [2.45, 2.75) is 13.0 Å². The number of nitrogens with one attached hydrogen (secondary N) is 2. The summed E-state index contributed by atoms with van der Waals surface area (Å²) in [7, 11) is 1.55. The highest BCUT2D eigenvalue weighted by Gasteiger charge is 2.13. The fraction of sp³-hybridized carbons (Fsp3) is 0.278. The Morgan fingerprint density at radius 3 is 2.84 bits per heavy atom. The molecule has 0 saturated carbocycles. The molecule has 0 bridgehead atoms. The maximum absolute atomic E-state index is 12.0. The molecule has 132 valence electrons. The lowest BCUT2D eigenvalue weighted by Gasteiger charge is -2.09. The van der Waals surface area contributed by atoms with Crippen molar-refractivity contribution in [3.05, 3.63) is 47.0 Å². The molecular formula is C18H19ClN2O4. The molecule has 2 N–H and O–H groups in total. The van der Waals surface area contributed by atoms with E-state index in [1.54, 1.807) is 25.3 Å². The van der Waals surface area contributed by atoms with Crippen molar-refractivity contribution in [3.63, 3.8) is 0 Å². The van der Waals surface area contributed by atoms with Crippen LogP contribution in [0.4, 0.5) is 5.69 Å². The van der Waals surface area contributed by atoms with Gasteiger partial charge in [0.05, 0.1) is 12.1 Å². The second kappa shape index (κ2) is 8.09. The molecule has 3 rings (SSSR count). The van der Waals surface area contributed by atoms with Crippen LogP contribution < -0.4 is 24.8 Å². The monoisotopic (exact) mass is 362 g/mol. The minimum Gasteiger partial charge on any atom is -0.495 e. The molecule has 2 aromatic rings. The number of carbonyl (C=O) groups excluding carboxylic acids is 1. The Hall–Kier alpha value is -2.44. The number of anilines is 1. The summed E-state index contributed by atoms with van der Waals surface area (Å²) in [6, 6.07) is 10.9. The molecule has 0 atom stereocenters. The second-order valence-electron chi connectivity index (χ2n) is 5.51. The lowest BCUT2D eigenvalue weighted by molar-refractivity contribution is -0.116. The average molecular weight is 363 g/mol. The van der Waals surface area contributed by atoms with Crippen molar-refractivity contribution < 1.29 is 19.0 Å². The summed E-state index contributed by atoms with van der Waals surface area (Å²) in [5.74, 6) is 2.01. The Kier molecular flexibility index (Phi) is 5.63. The van der Waals surface area contributed by atoms with E-state index in [-0.39, 0.29) is 12.7 Å². The molecule has 6 nitrogen and oxygen atoms in total. The molecule has 0 radical (unpaired) electrons. The van der Waals surface area contributed by atoms with E-state index >= 15 is 0 Å². The molecule has 1 aliphatic rings. The highest BCUT2D eigenvalue weighted by atomic mass is 35.5. The first-order valence-corrected chi connectivity index (χ1v) is 8.26. The Morgan fingerprint density at radius 1 is 1.20 bits per heavy atom. The number of amides is 1. The zero-order valence-electron chi connectivity index (χ0n) is 13.8. The van der Waals surface area contributed by atoms with Gasteiger partial charge >= 0.3 is 0 Å². The van der Waals surface area contributed by atoms with Crippen molar-refractivity contribution in [3.8, 4) is 17.2 Å². The molecular weight excluding hydrogens is 344 g/mol. The smallest absolute Gasteiger partial charge is 0.231 e. The predicted molar refractivity (Wildman–Crippen MR) is 95.5 cm³/mol. The van der Waals surface area contributed by atoms with Crippen LogP contribution in [0.15, 0.2) is 36.4 Å². The number of halogens is 1. The zero-order chi connectivity index (χ0) is 17.6. The van der Waals surface area contributed by atoms with E-state index in [9.17, 15) is 4.79 Å². The van der Waals surface area contributed by atoms with Gasteiger partial charge in [0, 0.05) is 25.2 Å². The van der Waals surface area contributed by atoms with Gasteiger partial charge in [-0.25, -0.2) is 0 Å². The van der Waals surface area contributed by atoms with Crippen LogP contribution in [0, 0.1) is 0 Å². The molecule has 0 unspecified atom stereocenters. The first-order valence-electron chi connectivity index (χ1n) is 7.88. The third-order valence-corrected chi connectivity index (χ3v) is 4.03. The molecule has 1 heterocycles. The second-order valence-corrected chi connectivity index (χ2v) is 5.92. The summed E-state index contributed by atoms with van der Waals surface area (Å²) >= 11 is 6.04. The van der Waals surface area contributed by atoms with Gasteiger partial charge in [-0.05, 0) is 35.9 Å². The maximum Gasteiger partial charge on any atom is 0.231 e. The highest BCUT2D eigenvalue weighted by Crippen LogP contribution is 2.32. The Bertz CT molecular complexity index is 767. The Balaban J connectivity index is 1.41. The van der Waals surface area contributed by atoms with Crippen LogP contribution in [0.25, 0.3) is 0 Å². The number of hydrogen-bond acceptors (Lipinski definition) is 5. The molecule has 25 heavy (non-hydrogen) atoms. The van der Waals surface area contributed by atoms with Gasteiger partial charge in [-0.3, -0.25) is 4.79 Å². The van der Waals surface area contributed by atoms with Crippen LogP contribution in [-0.2, 0) is 11.3 Å². The van der Waals surface area contributed by atoms with Gasteiger partial charge in [0.2, 0.25) is 12.7 Å². The first-order chi connectivity index (χ1) is 12.2. The van der Waals surface area contributed by atoms with Gasteiger partial charge < -0.3 is 24.8 Å². The largest absolute Gasteiger partial charge is 0.495 e. The lowest BCUT2D eigenvalue weighted by atomic mass is 10.2.